The van der Waals surface area contributed by atoms with Gasteiger partial charge in [0.25, 0.3) is 0 Å². The molecule has 1 aromatic heterocycles. The summed E-state index contributed by atoms with van der Waals surface area (Å²) in [4.78, 5) is 0. The number of rotatable bonds is 2. The lowest BCUT2D eigenvalue weighted by atomic mass is 9.72. The van der Waals surface area contributed by atoms with Crippen molar-refractivity contribution >= 4 is 36.3 Å². The monoisotopic (exact) mass is 426 g/mol. The highest BCUT2D eigenvalue weighted by Gasteiger charge is 2.55. The molecule has 4 rings (SSSR count). The highest BCUT2D eigenvalue weighted by atomic mass is 16.7. The standard InChI is InChI=1S/C24H36B2O5/c1-13-14(2)17-16(4)20(26-30-23(9,10)24(11,12)31-26)27-19(17)18(15(13)3)25-28-21(5,6)22(7,8)29-25/h1-12H3. The van der Waals surface area contributed by atoms with Gasteiger partial charge >= 0.3 is 14.2 Å². The molecule has 1 aromatic carbocycles. The third-order valence-corrected chi connectivity index (χ3v) is 8.29. The average molecular weight is 426 g/mol. The summed E-state index contributed by atoms with van der Waals surface area (Å²) in [5.74, 6) is 0. The zero-order chi connectivity index (χ0) is 23.3. The molecule has 0 amide bonds. The Bertz CT molecular complexity index is 1030. The normalized spacial score (nSPS) is 23.9. The predicted molar refractivity (Wildman–Crippen MR) is 127 cm³/mol. The van der Waals surface area contributed by atoms with Crippen LogP contribution in [0.4, 0.5) is 0 Å². The zero-order valence-electron chi connectivity index (χ0n) is 21.2. The van der Waals surface area contributed by atoms with Crippen molar-refractivity contribution in [1.29, 1.82) is 0 Å². The van der Waals surface area contributed by atoms with Crippen LogP contribution in [0.3, 0.4) is 0 Å². The van der Waals surface area contributed by atoms with Gasteiger partial charge in [0, 0.05) is 10.8 Å². The number of hydrogen-bond acceptors (Lipinski definition) is 5. The van der Waals surface area contributed by atoms with Gasteiger partial charge in [-0.25, -0.2) is 0 Å². The van der Waals surface area contributed by atoms with Crippen LogP contribution in [0, 0.1) is 27.7 Å². The molecule has 5 nitrogen and oxygen atoms in total. The second-order valence-electron chi connectivity index (χ2n) is 11.3. The minimum Gasteiger partial charge on any atom is -0.465 e. The maximum absolute atomic E-state index is 6.56. The summed E-state index contributed by atoms with van der Waals surface area (Å²) < 4.78 is 32.0. The molecule has 0 atom stereocenters. The van der Waals surface area contributed by atoms with Crippen molar-refractivity contribution in [3.63, 3.8) is 0 Å². The van der Waals surface area contributed by atoms with Crippen LogP contribution in [0.5, 0.6) is 0 Å². The van der Waals surface area contributed by atoms with Crippen LogP contribution in [0.2, 0.25) is 0 Å². The summed E-state index contributed by atoms with van der Waals surface area (Å²) in [6, 6.07) is 0. The van der Waals surface area contributed by atoms with Gasteiger partial charge in [-0.3, -0.25) is 0 Å². The molecule has 0 aliphatic carbocycles. The van der Waals surface area contributed by atoms with Crippen LogP contribution in [0.15, 0.2) is 4.42 Å². The van der Waals surface area contributed by atoms with Crippen LogP contribution in [0.25, 0.3) is 11.0 Å². The minimum atomic E-state index is -0.552. The second-order valence-corrected chi connectivity index (χ2v) is 11.3. The molecule has 3 heterocycles. The van der Waals surface area contributed by atoms with E-state index >= 15 is 0 Å². The quantitative estimate of drug-likeness (QED) is 0.672. The van der Waals surface area contributed by atoms with Gasteiger partial charge in [-0.2, -0.15) is 0 Å². The molecule has 0 unspecified atom stereocenters. The van der Waals surface area contributed by atoms with E-state index in [2.05, 4.69) is 83.1 Å². The Labute approximate surface area is 187 Å². The van der Waals surface area contributed by atoms with E-state index in [0.717, 1.165) is 33.2 Å². The van der Waals surface area contributed by atoms with Crippen LogP contribution in [-0.4, -0.2) is 36.6 Å². The predicted octanol–water partition coefficient (Wildman–Crippen LogP) is 4.26. The van der Waals surface area contributed by atoms with Crippen molar-refractivity contribution in [1.82, 2.24) is 0 Å². The molecule has 2 aromatic rings. The fourth-order valence-corrected chi connectivity index (χ4v) is 4.43. The molecule has 0 radical (unpaired) electrons. The molecule has 2 saturated heterocycles. The lowest BCUT2D eigenvalue weighted by molar-refractivity contribution is 0.00578. The minimum absolute atomic E-state index is 0.425. The van der Waals surface area contributed by atoms with Gasteiger partial charge in [-0.1, -0.05) is 0 Å². The molecule has 2 aliphatic rings. The van der Waals surface area contributed by atoms with E-state index in [1.54, 1.807) is 0 Å². The highest BCUT2D eigenvalue weighted by molar-refractivity contribution is 6.66. The van der Waals surface area contributed by atoms with Crippen LogP contribution in [0.1, 0.15) is 77.6 Å². The van der Waals surface area contributed by atoms with E-state index in [0.29, 0.717) is 0 Å². The summed E-state index contributed by atoms with van der Waals surface area (Å²) in [5.41, 5.74) is 5.39. The fourth-order valence-electron chi connectivity index (χ4n) is 4.43. The first-order chi connectivity index (χ1) is 14.0. The van der Waals surface area contributed by atoms with Crippen molar-refractivity contribution in [3.05, 3.63) is 22.3 Å². The fraction of sp³-hybridized carbons (Fsp3) is 0.667. The number of hydrogen-bond donors (Lipinski definition) is 0. The van der Waals surface area contributed by atoms with Gasteiger partial charge in [0.2, 0.25) is 0 Å². The summed E-state index contributed by atoms with van der Waals surface area (Å²) in [6.07, 6.45) is 0. The number of furan rings is 1. The van der Waals surface area contributed by atoms with Gasteiger partial charge in [-0.15, -0.1) is 0 Å². The molecule has 0 bridgehead atoms. The second kappa shape index (κ2) is 6.63. The third kappa shape index (κ3) is 3.15. The summed E-state index contributed by atoms with van der Waals surface area (Å²) in [7, 11) is -1.05. The smallest absolute Gasteiger partial charge is 0.465 e. The van der Waals surface area contributed by atoms with Crippen LogP contribution < -0.4 is 11.1 Å². The lowest BCUT2D eigenvalue weighted by Gasteiger charge is -2.32. The largest absolute Gasteiger partial charge is 0.533 e. The van der Waals surface area contributed by atoms with Gasteiger partial charge in [0.1, 0.15) is 11.2 Å². The van der Waals surface area contributed by atoms with Crippen molar-refractivity contribution in [2.45, 2.75) is 105 Å². The molecule has 31 heavy (non-hydrogen) atoms. The number of aryl methyl sites for hydroxylation is 2. The van der Waals surface area contributed by atoms with Crippen LogP contribution >= 0.6 is 0 Å². The van der Waals surface area contributed by atoms with Gasteiger partial charge < -0.3 is 23.0 Å². The highest BCUT2D eigenvalue weighted by Crippen LogP contribution is 2.40. The summed E-state index contributed by atoms with van der Waals surface area (Å²) in [6.45, 7) is 25.0. The van der Waals surface area contributed by atoms with E-state index in [9.17, 15) is 0 Å². The average Bonchev–Trinajstić information content (AvgIpc) is 3.13. The SMILES string of the molecule is Cc1c(C)c(C)c2c(C)c(B3OC(C)(C)C(C)(C)O3)oc2c1B1OC(C)(C)C(C)(C)O1. The maximum Gasteiger partial charge on any atom is 0.533 e. The Hall–Kier alpha value is -1.27. The Morgan fingerprint density at radius 2 is 0.935 bits per heavy atom. The molecule has 7 heteroatoms. The Balaban J connectivity index is 1.91. The first-order valence-corrected chi connectivity index (χ1v) is 11.2. The molecular formula is C24H36B2O5. The van der Waals surface area contributed by atoms with Gasteiger partial charge in [0.05, 0.1) is 22.4 Å². The topological polar surface area (TPSA) is 50.1 Å². The Morgan fingerprint density at radius 3 is 1.39 bits per heavy atom. The summed E-state index contributed by atoms with van der Waals surface area (Å²) >= 11 is 0. The van der Waals surface area contributed by atoms with E-state index < -0.39 is 36.6 Å². The van der Waals surface area contributed by atoms with E-state index in [1.165, 1.54) is 11.1 Å². The molecule has 2 fully saturated rings. The third-order valence-electron chi connectivity index (χ3n) is 8.29. The Morgan fingerprint density at radius 1 is 0.516 bits per heavy atom. The number of fused-ring (bicyclic) bond motifs is 1. The van der Waals surface area contributed by atoms with E-state index in [1.807, 2.05) is 0 Å². The molecule has 0 spiro atoms. The molecule has 0 N–H and O–H groups in total. The van der Waals surface area contributed by atoms with E-state index in [-0.39, 0.29) is 0 Å². The van der Waals surface area contributed by atoms with Crippen molar-refractivity contribution < 1.29 is 23.0 Å². The molecule has 2 aliphatic heterocycles. The van der Waals surface area contributed by atoms with Crippen molar-refractivity contribution in [2.24, 2.45) is 0 Å². The van der Waals surface area contributed by atoms with Gasteiger partial charge in [-0.05, 0) is 105 Å². The summed E-state index contributed by atoms with van der Waals surface area (Å²) in [5, 5.41) is 1.09. The van der Waals surface area contributed by atoms with Crippen molar-refractivity contribution in [2.75, 3.05) is 0 Å². The lowest BCUT2D eigenvalue weighted by Crippen LogP contribution is -2.41. The molecule has 168 valence electrons. The first-order valence-electron chi connectivity index (χ1n) is 11.2. The van der Waals surface area contributed by atoms with E-state index in [4.69, 9.17) is 23.0 Å². The number of benzene rings is 1. The molecule has 0 saturated carbocycles. The van der Waals surface area contributed by atoms with Crippen molar-refractivity contribution in [3.8, 4) is 0 Å². The van der Waals surface area contributed by atoms with Crippen LogP contribution in [-0.2, 0) is 18.6 Å². The molecular weight excluding hydrogens is 390 g/mol. The maximum atomic E-state index is 6.56. The first kappa shape index (κ1) is 22.9. The Kier molecular flexibility index (Phi) is 4.90. The van der Waals surface area contributed by atoms with Gasteiger partial charge in [0.15, 0.2) is 0 Å². The zero-order valence-corrected chi connectivity index (χ0v) is 21.2.